The highest BCUT2D eigenvalue weighted by atomic mass is 32.2. The fraction of sp³-hybridized carbons (Fsp3) is 0.462. The number of thioether (sulfide) groups is 1. The Kier molecular flexibility index (Phi) is 3.68. The maximum absolute atomic E-state index is 9.68. The summed E-state index contributed by atoms with van der Waals surface area (Å²) in [4.78, 5) is 8.14. The quantitative estimate of drug-likeness (QED) is 0.926. The minimum atomic E-state index is 0.0566. The van der Waals surface area contributed by atoms with Crippen molar-refractivity contribution < 1.29 is 9.63 Å². The molecule has 0 bridgehead atoms. The number of aromatic hydroxyl groups is 1. The van der Waals surface area contributed by atoms with Crippen molar-refractivity contribution in [2.45, 2.75) is 36.7 Å². The van der Waals surface area contributed by atoms with Crippen molar-refractivity contribution >= 4 is 11.8 Å². The molecule has 0 unspecified atom stereocenters. The Hall–Kier alpha value is -1.56. The second kappa shape index (κ2) is 5.61. The smallest absolute Gasteiger partial charge is 0.261 e. The maximum Gasteiger partial charge on any atom is 0.261 e. The SMILES string of the molecule is Oc1cnccc1-c1nc(CSC2CCCC2)no1. The molecule has 0 atom stereocenters. The van der Waals surface area contributed by atoms with E-state index in [9.17, 15) is 5.11 Å². The summed E-state index contributed by atoms with van der Waals surface area (Å²) in [7, 11) is 0. The number of hydrogen-bond donors (Lipinski definition) is 1. The van der Waals surface area contributed by atoms with Crippen molar-refractivity contribution in [3.63, 3.8) is 0 Å². The lowest BCUT2D eigenvalue weighted by atomic mass is 10.2. The summed E-state index contributed by atoms with van der Waals surface area (Å²) < 4.78 is 5.18. The molecule has 2 heterocycles. The zero-order valence-corrected chi connectivity index (χ0v) is 11.3. The molecule has 1 saturated carbocycles. The van der Waals surface area contributed by atoms with Gasteiger partial charge in [0.1, 0.15) is 5.75 Å². The molecule has 2 aromatic heterocycles. The average molecular weight is 277 g/mol. The molecular formula is C13H15N3O2S. The van der Waals surface area contributed by atoms with Gasteiger partial charge in [0.2, 0.25) is 0 Å². The number of aromatic nitrogens is 3. The van der Waals surface area contributed by atoms with Crippen molar-refractivity contribution in [2.24, 2.45) is 0 Å². The minimum Gasteiger partial charge on any atom is -0.505 e. The van der Waals surface area contributed by atoms with E-state index in [2.05, 4.69) is 15.1 Å². The third kappa shape index (κ3) is 2.89. The molecule has 0 amide bonds. The van der Waals surface area contributed by atoms with Gasteiger partial charge in [-0.15, -0.1) is 0 Å². The predicted molar refractivity (Wildman–Crippen MR) is 72.7 cm³/mol. The van der Waals surface area contributed by atoms with E-state index in [1.807, 2.05) is 11.8 Å². The molecule has 0 aromatic carbocycles. The second-order valence-corrected chi connectivity index (χ2v) is 5.91. The van der Waals surface area contributed by atoms with Crippen LogP contribution in [0.5, 0.6) is 5.75 Å². The topological polar surface area (TPSA) is 72.0 Å². The van der Waals surface area contributed by atoms with Gasteiger partial charge in [0.05, 0.1) is 17.5 Å². The van der Waals surface area contributed by atoms with Crippen LogP contribution >= 0.6 is 11.8 Å². The first kappa shape index (κ1) is 12.5. The van der Waals surface area contributed by atoms with Crippen LogP contribution < -0.4 is 0 Å². The highest BCUT2D eigenvalue weighted by Gasteiger charge is 2.17. The van der Waals surface area contributed by atoms with Crippen molar-refractivity contribution in [3.05, 3.63) is 24.3 Å². The van der Waals surface area contributed by atoms with Crippen LogP contribution in [0.15, 0.2) is 23.0 Å². The average Bonchev–Trinajstić information content (AvgIpc) is 3.08. The minimum absolute atomic E-state index is 0.0566. The summed E-state index contributed by atoms with van der Waals surface area (Å²) in [6.45, 7) is 0. The van der Waals surface area contributed by atoms with Crippen LogP contribution in [0, 0.1) is 0 Å². The normalized spacial score (nSPS) is 16.0. The molecule has 5 nitrogen and oxygen atoms in total. The van der Waals surface area contributed by atoms with Gasteiger partial charge >= 0.3 is 0 Å². The van der Waals surface area contributed by atoms with E-state index in [1.54, 1.807) is 12.3 Å². The molecule has 1 fully saturated rings. The van der Waals surface area contributed by atoms with E-state index in [4.69, 9.17) is 4.52 Å². The molecule has 1 aliphatic rings. The van der Waals surface area contributed by atoms with E-state index in [0.717, 1.165) is 11.0 Å². The molecule has 2 aromatic rings. The third-order valence-corrected chi connectivity index (χ3v) is 4.62. The first-order valence-corrected chi connectivity index (χ1v) is 7.45. The molecule has 6 heteroatoms. The lowest BCUT2D eigenvalue weighted by Crippen LogP contribution is -1.95. The second-order valence-electron chi connectivity index (χ2n) is 4.63. The Labute approximate surface area is 115 Å². The standard InChI is InChI=1S/C13H15N3O2S/c17-11-7-14-6-5-10(11)13-15-12(16-18-13)8-19-9-3-1-2-4-9/h5-7,9,17H,1-4,8H2. The van der Waals surface area contributed by atoms with E-state index in [-0.39, 0.29) is 5.75 Å². The number of nitrogens with zero attached hydrogens (tertiary/aromatic N) is 3. The van der Waals surface area contributed by atoms with Gasteiger partial charge in [-0.1, -0.05) is 18.0 Å². The summed E-state index contributed by atoms with van der Waals surface area (Å²) >= 11 is 1.89. The molecule has 100 valence electrons. The Morgan fingerprint density at radius 2 is 2.21 bits per heavy atom. The molecule has 0 saturated heterocycles. The van der Waals surface area contributed by atoms with Gasteiger partial charge in [-0.25, -0.2) is 0 Å². The van der Waals surface area contributed by atoms with Crippen LogP contribution in [0.25, 0.3) is 11.5 Å². The molecule has 0 radical (unpaired) electrons. The first-order chi connectivity index (χ1) is 9.33. The van der Waals surface area contributed by atoms with E-state index in [0.29, 0.717) is 17.3 Å². The molecule has 3 rings (SSSR count). The van der Waals surface area contributed by atoms with Crippen LogP contribution in [0.4, 0.5) is 0 Å². The van der Waals surface area contributed by atoms with Crippen LogP contribution in [0.3, 0.4) is 0 Å². The molecule has 19 heavy (non-hydrogen) atoms. The Bertz CT molecular complexity index is 552. The van der Waals surface area contributed by atoms with Gasteiger partial charge in [-0.2, -0.15) is 16.7 Å². The van der Waals surface area contributed by atoms with Crippen LogP contribution in [0.1, 0.15) is 31.5 Å². The molecule has 1 N–H and O–H groups in total. The fourth-order valence-electron chi connectivity index (χ4n) is 2.24. The van der Waals surface area contributed by atoms with Gasteiger partial charge < -0.3 is 9.63 Å². The molecule has 0 spiro atoms. The van der Waals surface area contributed by atoms with Crippen molar-refractivity contribution in [1.29, 1.82) is 0 Å². The van der Waals surface area contributed by atoms with Crippen LogP contribution in [-0.4, -0.2) is 25.5 Å². The Morgan fingerprint density at radius 1 is 1.37 bits per heavy atom. The lowest BCUT2D eigenvalue weighted by Gasteiger charge is -2.04. The number of hydrogen-bond acceptors (Lipinski definition) is 6. The zero-order chi connectivity index (χ0) is 13.1. The Balaban J connectivity index is 1.67. The third-order valence-electron chi connectivity index (χ3n) is 3.25. The van der Waals surface area contributed by atoms with Crippen molar-refractivity contribution in [3.8, 4) is 17.2 Å². The largest absolute Gasteiger partial charge is 0.505 e. The van der Waals surface area contributed by atoms with Gasteiger partial charge in [0, 0.05) is 11.4 Å². The molecule has 0 aliphatic heterocycles. The van der Waals surface area contributed by atoms with Gasteiger partial charge in [-0.3, -0.25) is 4.98 Å². The van der Waals surface area contributed by atoms with E-state index >= 15 is 0 Å². The van der Waals surface area contributed by atoms with Crippen LogP contribution in [0.2, 0.25) is 0 Å². The van der Waals surface area contributed by atoms with Crippen molar-refractivity contribution in [2.75, 3.05) is 0 Å². The first-order valence-electron chi connectivity index (χ1n) is 6.40. The summed E-state index contributed by atoms with van der Waals surface area (Å²) in [6.07, 6.45) is 8.21. The predicted octanol–water partition coefficient (Wildman–Crippen LogP) is 3.01. The molecular weight excluding hydrogens is 262 g/mol. The Morgan fingerprint density at radius 3 is 3.00 bits per heavy atom. The summed E-state index contributed by atoms with van der Waals surface area (Å²) in [5.74, 6) is 1.85. The van der Waals surface area contributed by atoms with Gasteiger partial charge in [0.25, 0.3) is 5.89 Å². The summed E-state index contributed by atoms with van der Waals surface area (Å²) in [5, 5.41) is 14.4. The highest BCUT2D eigenvalue weighted by molar-refractivity contribution is 7.99. The van der Waals surface area contributed by atoms with Crippen molar-refractivity contribution in [1.82, 2.24) is 15.1 Å². The van der Waals surface area contributed by atoms with Gasteiger partial charge in [0.15, 0.2) is 5.82 Å². The van der Waals surface area contributed by atoms with Crippen LogP contribution in [-0.2, 0) is 5.75 Å². The highest BCUT2D eigenvalue weighted by Crippen LogP contribution is 2.32. The monoisotopic (exact) mass is 277 g/mol. The number of rotatable bonds is 4. The number of pyridine rings is 1. The lowest BCUT2D eigenvalue weighted by molar-refractivity contribution is 0.419. The van der Waals surface area contributed by atoms with E-state index < -0.39 is 0 Å². The zero-order valence-electron chi connectivity index (χ0n) is 10.5. The molecule has 1 aliphatic carbocycles. The maximum atomic E-state index is 9.68. The fourth-order valence-corrected chi connectivity index (χ4v) is 3.41. The summed E-state index contributed by atoms with van der Waals surface area (Å²) in [6, 6.07) is 1.66. The van der Waals surface area contributed by atoms with E-state index in [1.165, 1.54) is 31.9 Å². The summed E-state index contributed by atoms with van der Waals surface area (Å²) in [5.41, 5.74) is 0.527. The van der Waals surface area contributed by atoms with Gasteiger partial charge in [-0.05, 0) is 18.9 Å².